The molecule has 14 nitrogen and oxygen atoms in total. The number of hydrogen-bond acceptors (Lipinski definition) is 14. The fourth-order valence-electron chi connectivity index (χ4n) is 11.9. The molecule has 0 aromatic heterocycles. The third-order valence-electron chi connectivity index (χ3n) is 15.1. The van der Waals surface area contributed by atoms with Crippen LogP contribution in [0.4, 0.5) is 0 Å². The molecule has 348 valence electrons. The number of methoxy groups -OCH3 is 1. The lowest BCUT2D eigenvalue weighted by atomic mass is 9.60. The number of benzene rings is 2. The minimum atomic E-state index is -1.40. The Balaban J connectivity index is 1.22. The van der Waals surface area contributed by atoms with Gasteiger partial charge >= 0.3 is 5.97 Å². The van der Waals surface area contributed by atoms with Crippen LogP contribution in [0, 0.1) is 23.7 Å². The van der Waals surface area contributed by atoms with Crippen LogP contribution in [0.25, 0.3) is 11.6 Å². The van der Waals surface area contributed by atoms with Gasteiger partial charge in [-0.15, -0.1) is 0 Å². The minimum absolute atomic E-state index is 0.00781. The van der Waals surface area contributed by atoms with Crippen molar-refractivity contribution in [2.24, 2.45) is 28.7 Å². The molecule has 14 heteroatoms. The number of hydrogen-bond donors (Lipinski definition) is 4. The quantitative estimate of drug-likeness (QED) is 0.0993. The van der Waals surface area contributed by atoms with Crippen molar-refractivity contribution in [1.82, 2.24) is 4.90 Å². The fourth-order valence-corrected chi connectivity index (χ4v) is 11.9. The van der Waals surface area contributed by atoms with Gasteiger partial charge in [0.1, 0.15) is 34.7 Å². The van der Waals surface area contributed by atoms with E-state index in [2.05, 4.69) is 34.2 Å². The zero-order chi connectivity index (χ0) is 45.4. The first-order valence-corrected chi connectivity index (χ1v) is 23.6. The van der Waals surface area contributed by atoms with Crippen molar-refractivity contribution in [3.8, 4) is 17.2 Å². The maximum Gasteiger partial charge on any atom is 0.375 e. The van der Waals surface area contributed by atoms with Gasteiger partial charge in [0.15, 0.2) is 6.29 Å². The van der Waals surface area contributed by atoms with Gasteiger partial charge in [0.25, 0.3) is 0 Å². The Morgan fingerprint density at radius 2 is 1.92 bits per heavy atom. The number of Topliss-reactive ketones (excluding diaryl/α,β-unsaturated/α-hetero) is 1. The summed E-state index contributed by atoms with van der Waals surface area (Å²) in [5, 5.41) is 47.6. The fraction of sp³-hybridized carbons (Fsp3) is 0.569. The highest BCUT2D eigenvalue weighted by atomic mass is 16.6. The number of ketones is 1. The molecule has 2 aliphatic carbocycles. The third kappa shape index (κ3) is 8.18. The molecule has 5 heterocycles. The molecule has 1 saturated carbocycles. The summed E-state index contributed by atoms with van der Waals surface area (Å²) in [6.07, 6.45) is 10.7. The number of likely N-dealkylation sites (tertiary alicyclic amines) is 1. The van der Waals surface area contributed by atoms with Gasteiger partial charge < -0.3 is 49.0 Å². The standard InChI is InChI=1S/C51H62N2O12/c1-3-62-50(59)49-38(26-56)44-32-10-12-42(58)36(21-32)35-20-31-13-15-52-41(31)22-30(35)8-7-29(25-55)28-63-47-37-23-43(64-46(37)39(27-57)48(65-49)45(44)47)51(60)34(6-4-18-54)11-9-33-24-53(16-5-19-61-2)17-14-40(33)51/h9,11,13,20,22,26,29,33-34,36,40,43,54-55,57,60H,3-8,10,12,14-19,21,23-25,27-28H2,1-2H3. The van der Waals surface area contributed by atoms with Crippen molar-refractivity contribution in [2.75, 3.05) is 66.3 Å². The summed E-state index contributed by atoms with van der Waals surface area (Å²) < 4.78 is 31.3. The molecule has 4 N–H and O–H groups in total. The van der Waals surface area contributed by atoms with E-state index < -0.39 is 30.2 Å². The molecular formula is C51H62N2O12. The molecule has 9 rings (SSSR count). The summed E-state index contributed by atoms with van der Waals surface area (Å²) in [4.78, 5) is 48.6. The Morgan fingerprint density at radius 3 is 2.69 bits per heavy atom. The Labute approximate surface area is 379 Å². The average molecular weight is 895 g/mol. The van der Waals surface area contributed by atoms with Crippen molar-refractivity contribution < 1.29 is 58.5 Å². The number of carbonyl (C=O) groups is 3. The Bertz CT molecular complexity index is 2440. The van der Waals surface area contributed by atoms with Gasteiger partial charge in [-0.05, 0) is 99.2 Å². The van der Waals surface area contributed by atoms with E-state index in [9.17, 15) is 34.8 Å². The first-order valence-electron chi connectivity index (χ1n) is 23.6. The SMILES string of the molecule is CCOC(=O)C1=C(C=O)C2=C3CCC(=O)C(C3)c3cc4c(cc3CCC(CO)COc3c5c(c(CO)c(c32)O1)OC(C1(O)C(CCCO)C=CC2CN(CCCOC)CCC21)C5)=NCC=4. The number of rotatable bonds is 13. The number of aryl methyl sites for hydroxylation is 1. The van der Waals surface area contributed by atoms with Gasteiger partial charge in [0.2, 0.25) is 5.76 Å². The lowest BCUT2D eigenvalue weighted by molar-refractivity contribution is -0.154. The van der Waals surface area contributed by atoms with E-state index >= 15 is 0 Å². The number of aldehydes is 1. The largest absolute Gasteiger partial charge is 0.492 e. The Hall–Kier alpha value is -4.70. The first-order chi connectivity index (χ1) is 31.7. The number of esters is 1. The zero-order valence-electron chi connectivity index (χ0n) is 37.5. The van der Waals surface area contributed by atoms with E-state index in [1.54, 1.807) is 14.0 Å². The van der Waals surface area contributed by atoms with E-state index in [-0.39, 0.29) is 104 Å². The number of piperidine rings is 1. The van der Waals surface area contributed by atoms with Gasteiger partial charge in [0, 0.05) is 87.7 Å². The molecule has 2 bridgehead atoms. The number of aliphatic hydroxyl groups excluding tert-OH is 3. The molecule has 0 amide bonds. The van der Waals surface area contributed by atoms with E-state index in [4.69, 9.17) is 23.7 Å². The number of carbonyl (C=O) groups excluding carboxylic acids is 3. The highest BCUT2D eigenvalue weighted by molar-refractivity contribution is 6.11. The number of ether oxygens (including phenoxy) is 5. The normalized spacial score (nSPS) is 28.1. The zero-order valence-corrected chi connectivity index (χ0v) is 37.5. The van der Waals surface area contributed by atoms with E-state index in [1.807, 2.05) is 6.08 Å². The van der Waals surface area contributed by atoms with Crippen molar-refractivity contribution in [3.63, 3.8) is 0 Å². The molecule has 7 aliphatic rings. The van der Waals surface area contributed by atoms with Crippen LogP contribution in [-0.4, -0.2) is 121 Å². The average Bonchev–Trinajstić information content (AvgIpc) is 3.98. The maximum absolute atomic E-state index is 14.1. The van der Waals surface area contributed by atoms with E-state index in [1.165, 1.54) is 0 Å². The topological polar surface area (TPSA) is 194 Å². The molecule has 7 atom stereocenters. The molecular weight excluding hydrogens is 833 g/mol. The molecule has 5 aliphatic heterocycles. The van der Waals surface area contributed by atoms with Crippen molar-refractivity contribution in [1.29, 1.82) is 0 Å². The number of allylic oxidation sites excluding steroid dienone is 3. The molecule has 0 spiro atoms. The van der Waals surface area contributed by atoms with Gasteiger partial charge in [0.05, 0.1) is 48.4 Å². The second kappa shape index (κ2) is 19.3. The van der Waals surface area contributed by atoms with E-state index in [0.717, 1.165) is 53.3 Å². The number of nitrogens with zero attached hydrogens (tertiary/aromatic N) is 2. The lowest BCUT2D eigenvalue weighted by Crippen LogP contribution is -2.62. The van der Waals surface area contributed by atoms with Gasteiger partial charge in [-0.3, -0.25) is 14.6 Å². The number of fused-ring (bicyclic) bond motifs is 8. The summed E-state index contributed by atoms with van der Waals surface area (Å²) in [7, 11) is 1.70. The van der Waals surface area contributed by atoms with Crippen LogP contribution in [0.3, 0.4) is 0 Å². The summed E-state index contributed by atoms with van der Waals surface area (Å²) in [6.45, 7) is 4.56. The van der Waals surface area contributed by atoms with Crippen LogP contribution < -0.4 is 24.8 Å². The first kappa shape index (κ1) is 45.5. The van der Waals surface area contributed by atoms with Crippen LogP contribution in [0.2, 0.25) is 0 Å². The van der Waals surface area contributed by atoms with Crippen molar-refractivity contribution in [3.05, 3.63) is 79.6 Å². The molecule has 2 aromatic rings. The third-order valence-corrected chi connectivity index (χ3v) is 15.1. The Morgan fingerprint density at radius 1 is 1.06 bits per heavy atom. The maximum atomic E-state index is 14.1. The summed E-state index contributed by atoms with van der Waals surface area (Å²) >= 11 is 0. The molecule has 2 fully saturated rings. The highest BCUT2D eigenvalue weighted by Gasteiger charge is 2.57. The highest BCUT2D eigenvalue weighted by Crippen LogP contribution is 2.58. The molecule has 7 unspecified atom stereocenters. The predicted molar refractivity (Wildman–Crippen MR) is 239 cm³/mol. The Kier molecular flexibility index (Phi) is 13.5. The van der Waals surface area contributed by atoms with E-state index in [0.29, 0.717) is 80.4 Å². The molecule has 1 saturated heterocycles. The summed E-state index contributed by atoms with van der Waals surface area (Å²) in [5.41, 5.74) is 2.73. The second-order valence-corrected chi connectivity index (χ2v) is 18.7. The van der Waals surface area contributed by atoms with Crippen molar-refractivity contribution in [2.45, 2.75) is 95.4 Å². The monoisotopic (exact) mass is 894 g/mol. The molecule has 2 aromatic carbocycles. The number of aliphatic hydroxyl groups is 4. The van der Waals surface area contributed by atoms with Crippen LogP contribution in [0.15, 0.2) is 46.2 Å². The predicted octanol–water partition coefficient (Wildman–Crippen LogP) is 3.19. The van der Waals surface area contributed by atoms with Gasteiger partial charge in [-0.2, -0.15) is 0 Å². The van der Waals surface area contributed by atoms with Crippen LogP contribution in [0.1, 0.15) is 92.0 Å². The van der Waals surface area contributed by atoms with Crippen LogP contribution in [0.5, 0.6) is 17.2 Å². The minimum Gasteiger partial charge on any atom is -0.492 e. The smallest absolute Gasteiger partial charge is 0.375 e. The van der Waals surface area contributed by atoms with Gasteiger partial charge in [-0.25, -0.2) is 4.79 Å². The molecule has 0 radical (unpaired) electrons. The van der Waals surface area contributed by atoms with Crippen LogP contribution >= 0.6 is 0 Å². The lowest BCUT2D eigenvalue weighted by Gasteiger charge is -2.53. The van der Waals surface area contributed by atoms with Gasteiger partial charge in [-0.1, -0.05) is 23.8 Å². The summed E-state index contributed by atoms with van der Waals surface area (Å²) in [5.74, 6) is -1.91. The van der Waals surface area contributed by atoms with Crippen LogP contribution in [-0.2, 0) is 43.3 Å². The molecule has 65 heavy (non-hydrogen) atoms. The van der Waals surface area contributed by atoms with Crippen molar-refractivity contribution >= 4 is 29.7 Å². The second-order valence-electron chi connectivity index (χ2n) is 18.7. The summed E-state index contributed by atoms with van der Waals surface area (Å²) in [6, 6.07) is 4.12.